The van der Waals surface area contributed by atoms with Crippen molar-refractivity contribution in [3.8, 4) is 6.07 Å². The van der Waals surface area contributed by atoms with Crippen molar-refractivity contribution in [3.63, 3.8) is 0 Å². The highest BCUT2D eigenvalue weighted by Gasteiger charge is 2.33. The van der Waals surface area contributed by atoms with Crippen LogP contribution < -0.4 is 14.7 Å². The Bertz CT molecular complexity index is 2090. The molecule has 0 radical (unpaired) electrons. The van der Waals surface area contributed by atoms with Gasteiger partial charge in [-0.1, -0.05) is 36.4 Å². The van der Waals surface area contributed by atoms with Crippen LogP contribution in [0.3, 0.4) is 0 Å². The maximum atomic E-state index is 13.3. The van der Waals surface area contributed by atoms with E-state index in [2.05, 4.69) is 38.2 Å². The average molecular weight is 827 g/mol. The van der Waals surface area contributed by atoms with Crippen molar-refractivity contribution < 1.29 is 38.1 Å². The monoisotopic (exact) mass is 826 g/mol. The molecule has 2 heterocycles. The molecular formula is C47H50N6O8. The van der Waals surface area contributed by atoms with Gasteiger partial charge in [-0.25, -0.2) is 14.5 Å². The number of ether oxygens (including phenoxy) is 5. The van der Waals surface area contributed by atoms with Gasteiger partial charge in [0.05, 0.1) is 45.0 Å². The van der Waals surface area contributed by atoms with Crippen LogP contribution in [-0.2, 0) is 38.1 Å². The van der Waals surface area contributed by atoms with Crippen LogP contribution in [0.2, 0.25) is 0 Å². The minimum absolute atomic E-state index is 0.275. The van der Waals surface area contributed by atoms with Gasteiger partial charge in [0, 0.05) is 56.3 Å². The number of carbonyl (C=O) groups is 3. The molecule has 2 aliphatic heterocycles. The Labute approximate surface area is 357 Å². The number of nitrogens with zero attached hydrogens (tertiary/aromatic N) is 6. The number of carbonyl (C=O) groups excluding carboxylic acids is 3. The predicted molar refractivity (Wildman–Crippen MR) is 233 cm³/mol. The molecule has 0 N–H and O–H groups in total. The van der Waals surface area contributed by atoms with Gasteiger partial charge < -0.3 is 38.4 Å². The van der Waals surface area contributed by atoms with Crippen LogP contribution in [0.15, 0.2) is 89.8 Å². The van der Waals surface area contributed by atoms with E-state index in [0.717, 1.165) is 56.3 Å². The number of esters is 3. The lowest BCUT2D eigenvalue weighted by atomic mass is 9.94. The van der Waals surface area contributed by atoms with E-state index in [9.17, 15) is 19.6 Å². The molecule has 0 bridgehead atoms. The molecular weight excluding hydrogens is 777 g/mol. The van der Waals surface area contributed by atoms with E-state index in [1.165, 1.54) is 18.2 Å². The summed E-state index contributed by atoms with van der Waals surface area (Å²) in [4.78, 5) is 53.2. The number of hydrogen-bond acceptors (Lipinski definition) is 12. The van der Waals surface area contributed by atoms with Crippen molar-refractivity contribution in [2.75, 3.05) is 100 Å². The summed E-state index contributed by atoms with van der Waals surface area (Å²) in [5, 5.41) is 9.89. The van der Waals surface area contributed by atoms with E-state index < -0.39 is 43.1 Å². The van der Waals surface area contributed by atoms with Crippen LogP contribution in [0.5, 0.6) is 0 Å². The first kappa shape index (κ1) is 45.2. The molecule has 2 fully saturated rings. The average Bonchev–Trinajstić information content (AvgIpc) is 3.31. The highest BCUT2D eigenvalue weighted by molar-refractivity contribution is 5.98. The third-order valence-electron chi connectivity index (χ3n) is 10.1. The Morgan fingerprint density at radius 3 is 1.43 bits per heavy atom. The third kappa shape index (κ3) is 13.0. The van der Waals surface area contributed by atoms with Gasteiger partial charge in [-0.15, -0.1) is 0 Å². The number of hydrogen-bond donors (Lipinski definition) is 0. The summed E-state index contributed by atoms with van der Waals surface area (Å²) in [7, 11) is 0. The summed E-state index contributed by atoms with van der Waals surface area (Å²) < 4.78 is 27.6. The molecule has 0 spiro atoms. The minimum Gasteiger partial charge on any atom is -0.470 e. The topological polar surface area (TPSA) is 140 Å². The number of nitriles is 1. The second kappa shape index (κ2) is 22.5. The van der Waals surface area contributed by atoms with E-state index in [4.69, 9.17) is 36.8 Å². The lowest BCUT2D eigenvalue weighted by molar-refractivity contribution is -0.155. The maximum absolute atomic E-state index is 13.3. The van der Waals surface area contributed by atoms with Gasteiger partial charge >= 0.3 is 17.9 Å². The molecule has 2 saturated heterocycles. The summed E-state index contributed by atoms with van der Waals surface area (Å²) in [5.41, 5.74) is 2.58. The highest BCUT2D eigenvalue weighted by Crippen LogP contribution is 2.25. The summed E-state index contributed by atoms with van der Waals surface area (Å²) >= 11 is 0. The number of anilines is 3. The molecule has 0 aliphatic carbocycles. The second-order valence-corrected chi connectivity index (χ2v) is 14.6. The van der Waals surface area contributed by atoms with Crippen LogP contribution in [0.4, 0.5) is 17.1 Å². The Balaban J connectivity index is 1.30. The van der Waals surface area contributed by atoms with E-state index in [1.807, 2.05) is 42.5 Å². The first-order valence-electron chi connectivity index (χ1n) is 20.1. The molecule has 0 unspecified atom stereocenters. The molecule has 0 saturated carbocycles. The zero-order chi connectivity index (χ0) is 43.6. The Kier molecular flexibility index (Phi) is 16.6. The highest BCUT2D eigenvalue weighted by atomic mass is 16.6. The molecule has 14 nitrogen and oxygen atoms in total. The van der Waals surface area contributed by atoms with E-state index in [0.29, 0.717) is 43.1 Å². The molecule has 2 aliphatic rings. The minimum atomic E-state index is -1.37. The molecule has 14 heteroatoms. The largest absolute Gasteiger partial charge is 0.470 e. The van der Waals surface area contributed by atoms with Crippen molar-refractivity contribution in [2.45, 2.75) is 20.8 Å². The number of rotatable bonds is 17. The molecule has 61 heavy (non-hydrogen) atoms. The summed E-state index contributed by atoms with van der Waals surface area (Å²) in [6, 6.07) is 24.1. The fourth-order valence-corrected chi connectivity index (χ4v) is 6.54. The summed E-state index contributed by atoms with van der Waals surface area (Å²) in [5.74, 6) is -2.82. The van der Waals surface area contributed by atoms with Gasteiger partial charge in [-0.05, 0) is 92.1 Å². The second-order valence-electron chi connectivity index (χ2n) is 14.6. The van der Waals surface area contributed by atoms with E-state index in [-0.39, 0.29) is 17.0 Å². The van der Waals surface area contributed by atoms with Gasteiger partial charge in [0.2, 0.25) is 0 Å². The smallest absolute Gasteiger partial charge is 0.348 e. The summed E-state index contributed by atoms with van der Waals surface area (Å²) in [6.45, 7) is 26.9. The van der Waals surface area contributed by atoms with Crippen LogP contribution >= 0.6 is 0 Å². The van der Waals surface area contributed by atoms with E-state index >= 15 is 0 Å². The van der Waals surface area contributed by atoms with Crippen LogP contribution in [0, 0.1) is 29.9 Å². The van der Waals surface area contributed by atoms with E-state index in [1.54, 1.807) is 43.3 Å². The Hall–Kier alpha value is -6.92. The quantitative estimate of drug-likeness (QED) is 0.0472. The first-order valence-corrected chi connectivity index (χ1v) is 20.1. The van der Waals surface area contributed by atoms with Gasteiger partial charge in [0.1, 0.15) is 31.5 Å². The van der Waals surface area contributed by atoms with Gasteiger partial charge in [-0.3, -0.25) is 9.59 Å². The van der Waals surface area contributed by atoms with Crippen molar-refractivity contribution in [2.24, 2.45) is 5.41 Å². The molecule has 5 rings (SSSR count). The fraction of sp³-hybridized carbons (Fsp3) is 0.362. The maximum Gasteiger partial charge on any atom is 0.348 e. The molecule has 0 amide bonds. The zero-order valence-electron chi connectivity index (χ0n) is 34.8. The van der Waals surface area contributed by atoms with Crippen LogP contribution in [0.1, 0.15) is 37.5 Å². The number of morpholine rings is 2. The Morgan fingerprint density at radius 2 is 1.05 bits per heavy atom. The van der Waals surface area contributed by atoms with Gasteiger partial charge in [0.15, 0.2) is 0 Å². The van der Waals surface area contributed by atoms with Crippen molar-refractivity contribution in [1.82, 2.24) is 0 Å². The zero-order valence-corrected chi connectivity index (χ0v) is 34.8. The molecule has 3 aromatic carbocycles. The van der Waals surface area contributed by atoms with Crippen molar-refractivity contribution in [1.29, 1.82) is 5.26 Å². The van der Waals surface area contributed by atoms with Crippen LogP contribution in [0.25, 0.3) is 27.9 Å². The molecule has 0 aromatic heterocycles. The molecule has 0 atom stereocenters. The Morgan fingerprint density at radius 1 is 0.672 bits per heavy atom. The number of benzene rings is 3. The van der Waals surface area contributed by atoms with Gasteiger partial charge in [-0.2, -0.15) is 5.26 Å². The predicted octanol–water partition coefficient (Wildman–Crippen LogP) is 6.67. The third-order valence-corrected chi connectivity index (χ3v) is 10.1. The molecule has 3 aromatic rings. The lowest BCUT2D eigenvalue weighted by Gasteiger charge is -2.28. The van der Waals surface area contributed by atoms with Gasteiger partial charge in [0.25, 0.3) is 11.4 Å². The van der Waals surface area contributed by atoms with Crippen LogP contribution in [-0.4, -0.2) is 103 Å². The van der Waals surface area contributed by atoms with Crippen molar-refractivity contribution in [3.05, 3.63) is 129 Å². The fourth-order valence-electron chi connectivity index (χ4n) is 6.54. The normalized spacial score (nSPS) is 15.6. The first-order chi connectivity index (χ1) is 29.6. The SMILES string of the molecule is [C-]#[N+]/C(=C\c1ccc(N2CCOCC2)cc1)C(=O)OCC(C)(COC(=O)/C(=C/c1ccc(N2CCOCC2)cc1)[N+]#[C-])COC(=O)/C(C#N)=C/c1ccc(N(CC)CC)cc1. The lowest BCUT2D eigenvalue weighted by Crippen LogP contribution is -2.37. The standard InChI is InChI=1S/C47H50N6O8/c1-6-51(7-2)39-14-8-35(9-15-39)28-38(31-48)44(54)59-32-47(3,33-60-45(55)42(49-4)29-36-10-16-40(17-11-36)52-20-24-57-25-21-52)34-61-46(56)43(50-5)30-37-12-18-41(19-13-37)53-22-26-58-27-23-53/h8-19,28-30H,6-7,20-27,32-34H2,1-3H3/b38-28+,42-29-,43-30-. The molecule has 316 valence electrons. The van der Waals surface area contributed by atoms with Crippen molar-refractivity contribution >= 4 is 53.2 Å². The summed E-state index contributed by atoms with van der Waals surface area (Å²) in [6.07, 6.45) is 4.23.